The molecule has 4 heteroatoms. The van der Waals surface area contributed by atoms with E-state index in [0.717, 1.165) is 0 Å². The quantitative estimate of drug-likeness (QED) is 0.203. The van der Waals surface area contributed by atoms with Gasteiger partial charge in [-0.2, -0.15) is 0 Å². The van der Waals surface area contributed by atoms with Crippen molar-refractivity contribution in [2.45, 2.75) is 0 Å². The van der Waals surface area contributed by atoms with Gasteiger partial charge in [-0.15, -0.1) is 45.3 Å². The van der Waals surface area contributed by atoms with Crippen molar-refractivity contribution in [1.82, 2.24) is 0 Å². The van der Waals surface area contributed by atoms with E-state index < -0.39 is 0 Å². The summed E-state index contributed by atoms with van der Waals surface area (Å²) in [5.74, 6) is 0. The van der Waals surface area contributed by atoms with E-state index in [1.165, 1.54) is 84.9 Å². The van der Waals surface area contributed by atoms with Crippen molar-refractivity contribution < 1.29 is 0 Å². The molecule has 0 aliphatic carbocycles. The van der Waals surface area contributed by atoms with Gasteiger partial charge in [0.25, 0.3) is 0 Å². The zero-order valence-corrected chi connectivity index (χ0v) is 23.3. The van der Waals surface area contributed by atoms with Crippen LogP contribution in [-0.2, 0) is 0 Å². The Bertz CT molecular complexity index is 1880. The molecule has 178 valence electrons. The Labute approximate surface area is 235 Å². The first-order valence-corrected chi connectivity index (χ1v) is 16.1. The van der Waals surface area contributed by atoms with Gasteiger partial charge in [-0.25, -0.2) is 0 Å². The van der Waals surface area contributed by atoms with Gasteiger partial charge >= 0.3 is 0 Å². The van der Waals surface area contributed by atoms with Crippen LogP contribution in [0.1, 0.15) is 0 Å². The fourth-order valence-electron chi connectivity index (χ4n) is 6.00. The van der Waals surface area contributed by atoms with Crippen LogP contribution in [0, 0.1) is 0 Å². The highest BCUT2D eigenvalue weighted by atomic mass is 32.1. The summed E-state index contributed by atoms with van der Waals surface area (Å²) in [4.78, 5) is 5.34. The lowest BCUT2D eigenvalue weighted by molar-refractivity contribution is 1.74. The molecule has 0 saturated heterocycles. The number of hydrogen-bond acceptors (Lipinski definition) is 4. The van der Waals surface area contributed by atoms with Gasteiger partial charge in [0.2, 0.25) is 0 Å². The van der Waals surface area contributed by atoms with Gasteiger partial charge < -0.3 is 0 Å². The van der Waals surface area contributed by atoms with Gasteiger partial charge in [-0.3, -0.25) is 0 Å². The maximum absolute atomic E-state index is 2.45. The molecule has 0 N–H and O–H groups in total. The molecule has 0 amide bonds. The fourth-order valence-corrected chi connectivity index (χ4v) is 9.03. The third kappa shape index (κ3) is 2.94. The van der Waals surface area contributed by atoms with Crippen LogP contribution in [0.3, 0.4) is 0 Å². The Morgan fingerprint density at radius 1 is 0.289 bits per heavy atom. The summed E-state index contributed by atoms with van der Waals surface area (Å²) in [6.07, 6.45) is 0. The molecule has 0 unspecified atom stereocenters. The second kappa shape index (κ2) is 7.98. The summed E-state index contributed by atoms with van der Waals surface area (Å²) in [6.45, 7) is 0. The lowest BCUT2D eigenvalue weighted by Gasteiger charge is -2.21. The van der Waals surface area contributed by atoms with E-state index >= 15 is 0 Å². The summed E-state index contributed by atoms with van der Waals surface area (Å²) in [7, 11) is 0. The smallest absolute Gasteiger partial charge is 0.0349 e. The van der Waals surface area contributed by atoms with Crippen LogP contribution in [0.15, 0.2) is 106 Å². The standard InChI is InChI=1S/C34H18S4/c1-5-31(35-9-1)27-15-23-19-13-21-22(14-20(19)24(23)16-28(27)32-6-2-10-36-32)26-18-30(34-8-4-12-38-34)29(17-25(21)26)33-7-3-11-37-33/h1-18H. The third-order valence-corrected chi connectivity index (χ3v) is 11.4. The predicted octanol–water partition coefficient (Wildman–Crippen LogP) is 12.1. The van der Waals surface area contributed by atoms with Crippen molar-refractivity contribution in [1.29, 1.82) is 0 Å². The van der Waals surface area contributed by atoms with Crippen molar-refractivity contribution in [3.63, 3.8) is 0 Å². The molecule has 0 fully saturated rings. The molecule has 0 aliphatic heterocycles. The Morgan fingerprint density at radius 2 is 0.526 bits per heavy atom. The predicted molar refractivity (Wildman–Crippen MR) is 172 cm³/mol. The van der Waals surface area contributed by atoms with E-state index in [0.29, 0.717) is 0 Å². The van der Waals surface area contributed by atoms with E-state index in [1.807, 2.05) is 45.3 Å². The molecule has 4 aromatic heterocycles. The van der Waals surface area contributed by atoms with E-state index in [4.69, 9.17) is 0 Å². The zero-order chi connectivity index (χ0) is 24.8. The molecule has 0 aliphatic rings. The van der Waals surface area contributed by atoms with Crippen LogP contribution in [0.2, 0.25) is 0 Å². The molecular weight excluding hydrogens is 537 g/mol. The summed E-state index contributed by atoms with van der Waals surface area (Å²) in [5, 5.41) is 19.8. The normalized spacial score (nSPS) is 12.2. The number of thiophene rings is 4. The number of benzene rings is 3. The second-order valence-electron chi connectivity index (χ2n) is 9.74. The molecule has 0 bridgehead atoms. The maximum Gasteiger partial charge on any atom is 0.0349 e. The van der Waals surface area contributed by atoms with Crippen molar-refractivity contribution in [3.05, 3.63) is 106 Å². The molecule has 5 aromatic carbocycles. The second-order valence-corrected chi connectivity index (χ2v) is 13.5. The van der Waals surface area contributed by atoms with Crippen LogP contribution >= 0.6 is 45.3 Å². The van der Waals surface area contributed by atoms with Gasteiger partial charge in [0.1, 0.15) is 0 Å². The molecule has 0 spiro atoms. The van der Waals surface area contributed by atoms with Crippen molar-refractivity contribution in [3.8, 4) is 41.8 Å². The monoisotopic (exact) mass is 554 g/mol. The summed E-state index contributed by atoms with van der Waals surface area (Å²) >= 11 is 7.29. The molecule has 9 aromatic rings. The molecular formula is C34H18S4. The van der Waals surface area contributed by atoms with Gasteiger partial charge in [-0.1, -0.05) is 24.3 Å². The minimum Gasteiger partial charge on any atom is -0.144 e. The first kappa shape index (κ1) is 21.4. The summed E-state index contributed by atoms with van der Waals surface area (Å²) < 4.78 is 0. The van der Waals surface area contributed by atoms with Crippen LogP contribution in [0.4, 0.5) is 0 Å². The molecule has 0 saturated carbocycles. The minimum absolute atomic E-state index is 1.33. The Kier molecular flexibility index (Phi) is 4.49. The topological polar surface area (TPSA) is 0 Å². The molecule has 38 heavy (non-hydrogen) atoms. The first-order chi connectivity index (χ1) is 18.8. The highest BCUT2D eigenvalue weighted by molar-refractivity contribution is 7.15. The van der Waals surface area contributed by atoms with Crippen LogP contribution in [-0.4, -0.2) is 0 Å². The average molecular weight is 555 g/mol. The van der Waals surface area contributed by atoms with Crippen LogP contribution in [0.5, 0.6) is 0 Å². The van der Waals surface area contributed by atoms with E-state index in [9.17, 15) is 0 Å². The molecule has 4 heterocycles. The lowest BCUT2D eigenvalue weighted by atomic mass is 9.83. The fraction of sp³-hybridized carbons (Fsp3) is 0. The zero-order valence-electron chi connectivity index (χ0n) is 20.0. The maximum atomic E-state index is 2.45. The van der Waals surface area contributed by atoms with Gasteiger partial charge in [-0.05, 0) is 125 Å². The Balaban J connectivity index is 1.31. The van der Waals surface area contributed by atoms with Gasteiger partial charge in [0, 0.05) is 41.8 Å². The van der Waals surface area contributed by atoms with Gasteiger partial charge in [0.15, 0.2) is 0 Å². The van der Waals surface area contributed by atoms with E-state index in [2.05, 4.69) is 106 Å². The SMILES string of the molecule is c1csc(-c2cc3c(cc2-c2cccs2)c2cc4c5cc(-c6cccs6)c(-c6cccs6)cc5c4cc32)c1. The van der Waals surface area contributed by atoms with Crippen LogP contribution < -0.4 is 0 Å². The first-order valence-electron chi connectivity index (χ1n) is 12.5. The number of hydrogen-bond donors (Lipinski definition) is 0. The molecule has 9 rings (SSSR count). The highest BCUT2D eigenvalue weighted by Gasteiger charge is 2.22. The molecule has 0 atom stereocenters. The highest BCUT2D eigenvalue weighted by Crippen LogP contribution is 2.50. The van der Waals surface area contributed by atoms with Gasteiger partial charge in [0.05, 0.1) is 0 Å². The third-order valence-electron chi connectivity index (χ3n) is 7.78. The lowest BCUT2D eigenvalue weighted by Crippen LogP contribution is -1.93. The van der Waals surface area contributed by atoms with E-state index in [-0.39, 0.29) is 0 Å². The van der Waals surface area contributed by atoms with E-state index in [1.54, 1.807) is 0 Å². The van der Waals surface area contributed by atoms with Crippen molar-refractivity contribution >= 4 is 88.4 Å². The minimum atomic E-state index is 1.33. The molecule has 0 nitrogen and oxygen atoms in total. The number of rotatable bonds is 4. The Hall–Kier alpha value is -3.54. The molecule has 0 radical (unpaired) electrons. The number of fused-ring (bicyclic) bond motifs is 8. The van der Waals surface area contributed by atoms with Crippen molar-refractivity contribution in [2.75, 3.05) is 0 Å². The van der Waals surface area contributed by atoms with Crippen LogP contribution in [0.25, 0.3) is 84.9 Å². The summed E-state index contributed by atoms with van der Waals surface area (Å²) in [6, 6.07) is 32.2. The van der Waals surface area contributed by atoms with Crippen molar-refractivity contribution in [2.24, 2.45) is 0 Å². The Morgan fingerprint density at radius 3 is 0.737 bits per heavy atom. The summed E-state index contributed by atoms with van der Waals surface area (Å²) in [5.41, 5.74) is 5.37. The largest absolute Gasteiger partial charge is 0.144 e. The average Bonchev–Trinajstić information content (AvgIpc) is 3.77.